The fraction of sp³-hybridized carbons (Fsp3) is 0.450. The van der Waals surface area contributed by atoms with Gasteiger partial charge in [0.15, 0.2) is 12.6 Å². The van der Waals surface area contributed by atoms with E-state index in [1.54, 1.807) is 0 Å². The summed E-state index contributed by atoms with van der Waals surface area (Å²) < 4.78 is 0. The van der Waals surface area contributed by atoms with Crippen molar-refractivity contribution in [3.63, 3.8) is 0 Å². The molecule has 0 fully saturated rings. The minimum atomic E-state index is 0.214. The van der Waals surface area contributed by atoms with Crippen LogP contribution in [0.4, 0.5) is 0 Å². The number of hydrogen-bond donors (Lipinski definition) is 0. The highest BCUT2D eigenvalue weighted by molar-refractivity contribution is 5.96. The first-order valence-corrected chi connectivity index (χ1v) is 15.5. The van der Waals surface area contributed by atoms with Crippen molar-refractivity contribution >= 4 is 12.6 Å². The van der Waals surface area contributed by atoms with Gasteiger partial charge in [-0.05, 0) is 113 Å². The molecule has 0 saturated carbocycles. The normalized spacial score (nSPS) is 21.6. The monoisotopic (exact) mass is 566 g/mol. The molecule has 0 unspecified atom stereocenters. The van der Waals surface area contributed by atoms with Gasteiger partial charge in [-0.3, -0.25) is 9.59 Å². The molecule has 0 N–H and O–H groups in total. The Kier molecular flexibility index (Phi) is 13.2. The molecule has 0 aromatic heterocycles. The molecule has 2 nitrogen and oxygen atoms in total. The smallest absolute Gasteiger partial charge is 0.151 e. The summed E-state index contributed by atoms with van der Waals surface area (Å²) in [5, 5.41) is 0. The lowest BCUT2D eigenvalue weighted by atomic mass is 9.72. The molecule has 2 heteroatoms. The Morgan fingerprint density at radius 2 is 0.952 bits per heavy atom. The van der Waals surface area contributed by atoms with E-state index in [9.17, 15) is 9.59 Å². The van der Waals surface area contributed by atoms with Crippen LogP contribution in [0.25, 0.3) is 0 Å². The average Bonchev–Trinajstić information content (AvgIpc) is 2.90. The second-order valence-electron chi connectivity index (χ2n) is 13.5. The zero-order valence-electron chi connectivity index (χ0n) is 28.0. The molecule has 0 heterocycles. The summed E-state index contributed by atoms with van der Waals surface area (Å²) in [6.07, 6.45) is 29.5. The minimum absolute atomic E-state index is 0.214. The minimum Gasteiger partial charge on any atom is -0.298 e. The maximum Gasteiger partial charge on any atom is 0.151 e. The van der Waals surface area contributed by atoms with Gasteiger partial charge in [0.2, 0.25) is 0 Å². The first kappa shape index (κ1) is 34.9. The summed E-state index contributed by atoms with van der Waals surface area (Å²) in [5.41, 5.74) is 10.9. The predicted octanol–water partition coefficient (Wildman–Crippen LogP) is 11.2. The summed E-state index contributed by atoms with van der Waals surface area (Å²) in [7, 11) is 0. The zero-order valence-corrected chi connectivity index (χ0v) is 28.0. The summed E-state index contributed by atoms with van der Waals surface area (Å²) in [4.78, 5) is 24.1. The van der Waals surface area contributed by atoms with Crippen LogP contribution in [0, 0.1) is 10.8 Å². The van der Waals surface area contributed by atoms with E-state index in [4.69, 9.17) is 0 Å². The lowest BCUT2D eigenvalue weighted by Crippen LogP contribution is -2.19. The number of allylic oxidation sites excluding steroid dienone is 20. The van der Waals surface area contributed by atoms with E-state index < -0.39 is 0 Å². The Hall–Kier alpha value is -3.26. The Morgan fingerprint density at radius 1 is 0.595 bits per heavy atom. The Morgan fingerprint density at radius 3 is 1.26 bits per heavy atom. The van der Waals surface area contributed by atoms with E-state index in [2.05, 4.69) is 79.7 Å². The van der Waals surface area contributed by atoms with Crippen molar-refractivity contribution in [2.24, 2.45) is 10.8 Å². The van der Waals surface area contributed by atoms with Crippen LogP contribution in [0.15, 0.2) is 116 Å². The van der Waals surface area contributed by atoms with Gasteiger partial charge in [0, 0.05) is 11.1 Å². The molecular formula is C40H54O2. The van der Waals surface area contributed by atoms with Gasteiger partial charge in [-0.15, -0.1) is 0 Å². The van der Waals surface area contributed by atoms with E-state index in [1.165, 1.54) is 60.8 Å². The first-order chi connectivity index (χ1) is 19.7. The summed E-state index contributed by atoms with van der Waals surface area (Å²) in [5.74, 6) is 0. The van der Waals surface area contributed by atoms with E-state index in [0.29, 0.717) is 11.1 Å². The molecule has 0 aromatic rings. The highest BCUT2D eigenvalue weighted by Crippen LogP contribution is 2.41. The number of rotatable bonds is 11. The SMILES string of the molecule is CC(C=CC1=C(C)CCCC1(C)C)=CC=CC(C)=C(C=O)C(C=O)=C(C)C=CC=C(C)C=CC1=C(C)CCCC1(C)C. The highest BCUT2D eigenvalue weighted by Gasteiger charge is 2.27. The molecule has 0 amide bonds. The van der Waals surface area contributed by atoms with Crippen LogP contribution >= 0.6 is 0 Å². The topological polar surface area (TPSA) is 34.1 Å². The third-order valence-corrected chi connectivity index (χ3v) is 8.90. The molecule has 0 bridgehead atoms. The van der Waals surface area contributed by atoms with Crippen LogP contribution in [-0.2, 0) is 9.59 Å². The lowest BCUT2D eigenvalue weighted by molar-refractivity contribution is -0.107. The molecule has 0 spiro atoms. The van der Waals surface area contributed by atoms with Gasteiger partial charge in [0.1, 0.15) is 0 Å². The van der Waals surface area contributed by atoms with Crippen molar-refractivity contribution in [1.29, 1.82) is 0 Å². The number of hydrogen-bond acceptors (Lipinski definition) is 2. The van der Waals surface area contributed by atoms with Crippen molar-refractivity contribution in [3.8, 4) is 0 Å². The largest absolute Gasteiger partial charge is 0.298 e. The van der Waals surface area contributed by atoms with Crippen LogP contribution in [0.2, 0.25) is 0 Å². The van der Waals surface area contributed by atoms with Crippen molar-refractivity contribution in [1.82, 2.24) is 0 Å². The van der Waals surface area contributed by atoms with Gasteiger partial charge in [0.05, 0.1) is 0 Å². The van der Waals surface area contributed by atoms with Crippen LogP contribution < -0.4 is 0 Å². The molecule has 0 atom stereocenters. The summed E-state index contributed by atoms with van der Waals surface area (Å²) in [6, 6.07) is 0. The quantitative estimate of drug-likeness (QED) is 0.142. The lowest BCUT2D eigenvalue weighted by Gasteiger charge is -2.33. The Labute approximate surface area is 256 Å². The van der Waals surface area contributed by atoms with Crippen LogP contribution in [-0.4, -0.2) is 12.6 Å². The van der Waals surface area contributed by atoms with E-state index in [0.717, 1.165) is 34.9 Å². The van der Waals surface area contributed by atoms with Crippen molar-refractivity contribution < 1.29 is 9.59 Å². The van der Waals surface area contributed by atoms with Crippen LogP contribution in [0.5, 0.6) is 0 Å². The van der Waals surface area contributed by atoms with Crippen molar-refractivity contribution in [2.75, 3.05) is 0 Å². The summed E-state index contributed by atoms with van der Waals surface area (Å²) in [6.45, 7) is 21.7. The number of carbonyl (C=O) groups is 2. The Bertz CT molecular complexity index is 1230. The molecule has 0 aliphatic heterocycles. The van der Waals surface area contributed by atoms with Crippen LogP contribution in [0.3, 0.4) is 0 Å². The average molecular weight is 567 g/mol. The molecule has 0 saturated heterocycles. The molecule has 0 radical (unpaired) electrons. The standard InChI is InChI=1S/C40H54O2/c1-29(21-23-37-33(5)19-13-25-39(37,7)8)15-11-17-31(3)35(27-41)36(28-42)32(4)18-12-16-30(2)22-24-38-34(6)20-14-26-40(38,9)10/h11-12,15-18,21-24,27-28H,13-14,19-20,25-26H2,1-10H3. The fourth-order valence-electron chi connectivity index (χ4n) is 6.17. The fourth-order valence-corrected chi connectivity index (χ4v) is 6.17. The van der Waals surface area contributed by atoms with Crippen molar-refractivity contribution in [2.45, 2.75) is 108 Å². The van der Waals surface area contributed by atoms with E-state index >= 15 is 0 Å². The Balaban J connectivity index is 2.20. The maximum absolute atomic E-state index is 12.0. The highest BCUT2D eigenvalue weighted by atomic mass is 16.1. The van der Waals surface area contributed by atoms with E-state index in [1.807, 2.05) is 50.3 Å². The maximum atomic E-state index is 12.0. The molecule has 2 rings (SSSR count). The van der Waals surface area contributed by atoms with E-state index in [-0.39, 0.29) is 10.8 Å². The van der Waals surface area contributed by atoms with Gasteiger partial charge < -0.3 is 0 Å². The van der Waals surface area contributed by atoms with Gasteiger partial charge in [-0.1, -0.05) is 111 Å². The second-order valence-corrected chi connectivity index (χ2v) is 13.5. The number of carbonyl (C=O) groups excluding carboxylic acids is 2. The molecule has 0 aromatic carbocycles. The molecular weight excluding hydrogens is 512 g/mol. The van der Waals surface area contributed by atoms with Gasteiger partial charge in [-0.25, -0.2) is 0 Å². The zero-order chi connectivity index (χ0) is 31.5. The number of aldehydes is 2. The summed E-state index contributed by atoms with van der Waals surface area (Å²) >= 11 is 0. The predicted molar refractivity (Wildman–Crippen MR) is 182 cm³/mol. The second kappa shape index (κ2) is 15.8. The van der Waals surface area contributed by atoms with Crippen LogP contribution in [0.1, 0.15) is 108 Å². The van der Waals surface area contributed by atoms with Gasteiger partial charge in [-0.2, -0.15) is 0 Å². The van der Waals surface area contributed by atoms with Crippen molar-refractivity contribution in [3.05, 3.63) is 116 Å². The molecule has 42 heavy (non-hydrogen) atoms. The third kappa shape index (κ3) is 9.93. The molecule has 2 aliphatic rings. The first-order valence-electron chi connectivity index (χ1n) is 15.5. The molecule has 2 aliphatic carbocycles. The van der Waals surface area contributed by atoms with Gasteiger partial charge >= 0.3 is 0 Å². The third-order valence-electron chi connectivity index (χ3n) is 8.90. The van der Waals surface area contributed by atoms with Gasteiger partial charge in [0.25, 0.3) is 0 Å². The molecule has 226 valence electrons.